The number of nitrogens with one attached hydrogen (secondary N) is 1. The highest BCUT2D eigenvalue weighted by atomic mass is 79.9. The highest BCUT2D eigenvalue weighted by Crippen LogP contribution is 2.32. The number of rotatable bonds is 5. The molecule has 21 heavy (non-hydrogen) atoms. The lowest BCUT2D eigenvalue weighted by Gasteiger charge is -2.25. The van der Waals surface area contributed by atoms with Gasteiger partial charge in [0.05, 0.1) is 0 Å². The van der Waals surface area contributed by atoms with Crippen LogP contribution in [-0.2, 0) is 0 Å². The van der Waals surface area contributed by atoms with Crippen molar-refractivity contribution in [3.63, 3.8) is 0 Å². The van der Waals surface area contributed by atoms with Crippen molar-refractivity contribution in [2.45, 2.75) is 57.9 Å². The van der Waals surface area contributed by atoms with Crippen LogP contribution in [-0.4, -0.2) is 12.6 Å². The lowest BCUT2D eigenvalue weighted by molar-refractivity contribution is 0.396. The van der Waals surface area contributed by atoms with E-state index in [-0.39, 0.29) is 0 Å². The first-order valence-corrected chi connectivity index (χ1v) is 9.21. The van der Waals surface area contributed by atoms with Crippen LogP contribution in [0.5, 0.6) is 0 Å². The third kappa shape index (κ3) is 4.43. The fourth-order valence-corrected chi connectivity index (χ4v) is 3.89. The van der Waals surface area contributed by atoms with Crippen LogP contribution in [0.4, 0.5) is 0 Å². The Morgan fingerprint density at radius 1 is 1.19 bits per heavy atom. The standard InChI is InChI=1S/C19H26BrN/c1-14-7-8-16(19(20)11-14)12-17(13-21-18-9-10-18)15-5-3-2-4-6-15/h7-8,11-12,15,18,21H,2-6,9-10,13H2,1H3/b17-12-. The third-order valence-electron chi connectivity index (χ3n) is 4.80. The van der Waals surface area contributed by atoms with Crippen molar-refractivity contribution >= 4 is 22.0 Å². The van der Waals surface area contributed by atoms with Crippen LogP contribution in [0, 0.1) is 12.8 Å². The summed E-state index contributed by atoms with van der Waals surface area (Å²) in [5.74, 6) is 0.790. The molecular formula is C19H26BrN. The maximum Gasteiger partial charge on any atom is 0.0250 e. The first kappa shape index (κ1) is 15.3. The Kier molecular flexibility index (Phi) is 5.18. The zero-order valence-electron chi connectivity index (χ0n) is 13.0. The Labute approximate surface area is 137 Å². The van der Waals surface area contributed by atoms with E-state index in [1.165, 1.54) is 60.5 Å². The molecule has 1 N–H and O–H groups in total. The molecule has 0 heterocycles. The monoisotopic (exact) mass is 347 g/mol. The molecule has 2 heteroatoms. The second-order valence-corrected chi connectivity index (χ2v) is 7.59. The largest absolute Gasteiger partial charge is 0.310 e. The highest BCUT2D eigenvalue weighted by Gasteiger charge is 2.23. The van der Waals surface area contributed by atoms with Gasteiger partial charge in [0.2, 0.25) is 0 Å². The van der Waals surface area contributed by atoms with Crippen LogP contribution in [0.2, 0.25) is 0 Å². The summed E-state index contributed by atoms with van der Waals surface area (Å²) in [6.45, 7) is 3.23. The Morgan fingerprint density at radius 2 is 1.95 bits per heavy atom. The number of hydrogen-bond donors (Lipinski definition) is 1. The van der Waals surface area contributed by atoms with Gasteiger partial charge in [0.15, 0.2) is 0 Å². The summed E-state index contributed by atoms with van der Waals surface area (Å²) in [4.78, 5) is 0. The summed E-state index contributed by atoms with van der Waals surface area (Å²) < 4.78 is 1.22. The molecule has 0 spiro atoms. The van der Waals surface area contributed by atoms with E-state index in [2.05, 4.69) is 52.4 Å². The average molecular weight is 348 g/mol. The van der Waals surface area contributed by atoms with Crippen molar-refractivity contribution in [3.05, 3.63) is 39.4 Å². The van der Waals surface area contributed by atoms with Crippen molar-refractivity contribution in [2.75, 3.05) is 6.54 Å². The maximum atomic E-state index is 3.73. The highest BCUT2D eigenvalue weighted by molar-refractivity contribution is 9.10. The summed E-state index contributed by atoms with van der Waals surface area (Å²) in [6.07, 6.45) is 12.2. The van der Waals surface area contributed by atoms with Crippen LogP contribution in [0.3, 0.4) is 0 Å². The minimum absolute atomic E-state index is 0.790. The Morgan fingerprint density at radius 3 is 2.62 bits per heavy atom. The number of hydrogen-bond acceptors (Lipinski definition) is 1. The minimum atomic E-state index is 0.790. The van der Waals surface area contributed by atoms with E-state index in [0.717, 1.165) is 18.5 Å². The summed E-state index contributed by atoms with van der Waals surface area (Å²) >= 11 is 3.73. The van der Waals surface area contributed by atoms with Crippen LogP contribution in [0.15, 0.2) is 28.2 Å². The fraction of sp³-hybridized carbons (Fsp3) is 0.579. The predicted molar refractivity (Wildman–Crippen MR) is 94.5 cm³/mol. The van der Waals surface area contributed by atoms with Gasteiger partial charge in [0, 0.05) is 17.1 Å². The molecule has 1 aromatic rings. The fourth-order valence-electron chi connectivity index (χ4n) is 3.29. The van der Waals surface area contributed by atoms with Crippen molar-refractivity contribution < 1.29 is 0 Å². The van der Waals surface area contributed by atoms with Crippen molar-refractivity contribution in [1.29, 1.82) is 0 Å². The maximum absolute atomic E-state index is 3.73. The third-order valence-corrected chi connectivity index (χ3v) is 5.49. The summed E-state index contributed by atoms with van der Waals surface area (Å²) in [5, 5.41) is 3.72. The van der Waals surface area contributed by atoms with Gasteiger partial charge in [-0.25, -0.2) is 0 Å². The molecule has 0 aromatic heterocycles. The molecule has 0 unspecified atom stereocenters. The van der Waals surface area contributed by atoms with Crippen molar-refractivity contribution in [1.82, 2.24) is 5.32 Å². The average Bonchev–Trinajstić information content (AvgIpc) is 3.31. The second kappa shape index (κ2) is 7.11. The number of benzene rings is 1. The van der Waals surface area contributed by atoms with Gasteiger partial charge in [-0.3, -0.25) is 0 Å². The van der Waals surface area contributed by atoms with E-state index in [4.69, 9.17) is 0 Å². The second-order valence-electron chi connectivity index (χ2n) is 6.73. The zero-order chi connectivity index (χ0) is 14.7. The molecule has 2 aliphatic rings. The van der Waals surface area contributed by atoms with Gasteiger partial charge in [-0.2, -0.15) is 0 Å². The van der Waals surface area contributed by atoms with E-state index in [1.54, 1.807) is 5.57 Å². The number of aryl methyl sites for hydroxylation is 1. The van der Waals surface area contributed by atoms with Crippen LogP contribution in [0.25, 0.3) is 6.08 Å². The zero-order valence-corrected chi connectivity index (χ0v) is 14.6. The Hall–Kier alpha value is -0.600. The van der Waals surface area contributed by atoms with Gasteiger partial charge in [-0.1, -0.05) is 59.0 Å². The molecule has 0 atom stereocenters. The van der Waals surface area contributed by atoms with Gasteiger partial charge in [-0.15, -0.1) is 0 Å². The van der Waals surface area contributed by atoms with E-state index < -0.39 is 0 Å². The summed E-state index contributed by atoms with van der Waals surface area (Å²) in [7, 11) is 0. The van der Waals surface area contributed by atoms with Crippen LogP contribution < -0.4 is 5.32 Å². The van der Waals surface area contributed by atoms with Crippen LogP contribution in [0.1, 0.15) is 56.1 Å². The van der Waals surface area contributed by atoms with Crippen LogP contribution >= 0.6 is 15.9 Å². The molecule has 2 saturated carbocycles. The van der Waals surface area contributed by atoms with Gasteiger partial charge in [-0.05, 0) is 55.7 Å². The van der Waals surface area contributed by atoms with Gasteiger partial charge < -0.3 is 5.32 Å². The summed E-state index contributed by atoms with van der Waals surface area (Å²) in [6, 6.07) is 7.47. The van der Waals surface area contributed by atoms with Gasteiger partial charge in [0.25, 0.3) is 0 Å². The van der Waals surface area contributed by atoms with E-state index in [1.807, 2.05) is 0 Å². The predicted octanol–water partition coefficient (Wildman–Crippen LogP) is 5.47. The molecule has 0 amide bonds. The van der Waals surface area contributed by atoms with Crippen molar-refractivity contribution in [3.8, 4) is 0 Å². The van der Waals surface area contributed by atoms with E-state index in [0.29, 0.717) is 0 Å². The molecule has 3 rings (SSSR count). The lowest BCUT2D eigenvalue weighted by Crippen LogP contribution is -2.24. The van der Waals surface area contributed by atoms with Gasteiger partial charge in [0.1, 0.15) is 0 Å². The van der Waals surface area contributed by atoms with Crippen molar-refractivity contribution in [2.24, 2.45) is 5.92 Å². The SMILES string of the molecule is Cc1ccc(/C=C(/CNC2CC2)C2CCCCC2)c(Br)c1. The first-order valence-electron chi connectivity index (χ1n) is 8.42. The first-order chi connectivity index (χ1) is 10.2. The molecule has 2 aliphatic carbocycles. The topological polar surface area (TPSA) is 12.0 Å². The Balaban J connectivity index is 1.79. The molecule has 1 aromatic carbocycles. The molecule has 2 fully saturated rings. The van der Waals surface area contributed by atoms with Gasteiger partial charge >= 0.3 is 0 Å². The Bertz CT molecular complexity index is 510. The molecule has 0 radical (unpaired) electrons. The molecule has 0 bridgehead atoms. The molecular weight excluding hydrogens is 322 g/mol. The number of halogens is 1. The lowest BCUT2D eigenvalue weighted by atomic mass is 9.83. The van der Waals surface area contributed by atoms with E-state index in [9.17, 15) is 0 Å². The molecule has 1 nitrogen and oxygen atoms in total. The minimum Gasteiger partial charge on any atom is -0.310 e. The van der Waals surface area contributed by atoms with E-state index >= 15 is 0 Å². The molecule has 0 aliphatic heterocycles. The normalized spacial score (nSPS) is 20.8. The molecule has 0 saturated heterocycles. The quantitative estimate of drug-likeness (QED) is 0.744. The summed E-state index contributed by atoms with van der Waals surface area (Å²) in [5.41, 5.74) is 4.26. The smallest absolute Gasteiger partial charge is 0.0250 e. The molecule has 114 valence electrons.